The molecule has 2 aromatic carbocycles. The van der Waals surface area contributed by atoms with E-state index < -0.39 is 0 Å². The van der Waals surface area contributed by atoms with E-state index in [1.165, 1.54) is 5.56 Å². The Kier molecular flexibility index (Phi) is 6.71. The van der Waals surface area contributed by atoms with Crippen molar-refractivity contribution in [2.75, 3.05) is 31.6 Å². The summed E-state index contributed by atoms with van der Waals surface area (Å²) in [6, 6.07) is 17.7. The van der Waals surface area contributed by atoms with E-state index >= 15 is 0 Å². The number of anilines is 1. The average Bonchev–Trinajstić information content (AvgIpc) is 2.65. The second kappa shape index (κ2) is 9.43. The monoisotopic (exact) mass is 369 g/mol. The Balaban J connectivity index is 1.45. The topological polar surface area (TPSA) is 53.6 Å². The van der Waals surface area contributed by atoms with Crippen molar-refractivity contribution < 1.29 is 9.53 Å². The van der Waals surface area contributed by atoms with E-state index in [4.69, 9.17) is 17.0 Å². The minimum atomic E-state index is -0.127. The Morgan fingerprint density at radius 1 is 1.00 bits per heavy atom. The number of morpholine rings is 1. The fourth-order valence-electron chi connectivity index (χ4n) is 2.83. The summed E-state index contributed by atoms with van der Waals surface area (Å²) in [5.41, 5.74) is 3.07. The van der Waals surface area contributed by atoms with Gasteiger partial charge in [0.25, 0.3) is 0 Å². The van der Waals surface area contributed by atoms with Gasteiger partial charge in [0.15, 0.2) is 5.11 Å². The average molecular weight is 369 g/mol. The summed E-state index contributed by atoms with van der Waals surface area (Å²) in [6.07, 6.45) is 0.307. The van der Waals surface area contributed by atoms with Gasteiger partial charge in [0.2, 0.25) is 5.91 Å². The summed E-state index contributed by atoms with van der Waals surface area (Å²) < 4.78 is 5.37. The predicted molar refractivity (Wildman–Crippen MR) is 107 cm³/mol. The predicted octanol–water partition coefficient (Wildman–Crippen LogP) is 2.57. The van der Waals surface area contributed by atoms with Crippen LogP contribution >= 0.6 is 12.2 Å². The third-order valence-corrected chi connectivity index (χ3v) is 4.39. The molecule has 0 aliphatic carbocycles. The van der Waals surface area contributed by atoms with E-state index in [1.54, 1.807) is 0 Å². The van der Waals surface area contributed by atoms with E-state index in [0.717, 1.165) is 44.1 Å². The Morgan fingerprint density at radius 3 is 2.38 bits per heavy atom. The van der Waals surface area contributed by atoms with Gasteiger partial charge in [0, 0.05) is 25.3 Å². The van der Waals surface area contributed by atoms with Crippen LogP contribution in [0.3, 0.4) is 0 Å². The summed E-state index contributed by atoms with van der Waals surface area (Å²) >= 11 is 5.23. The van der Waals surface area contributed by atoms with Gasteiger partial charge in [-0.05, 0) is 35.5 Å². The number of hydrogen-bond donors (Lipinski definition) is 2. The summed E-state index contributed by atoms with van der Waals surface area (Å²) in [6.45, 7) is 4.46. The van der Waals surface area contributed by atoms with Gasteiger partial charge in [-0.3, -0.25) is 9.69 Å². The zero-order valence-corrected chi connectivity index (χ0v) is 15.4. The Labute approximate surface area is 159 Å². The Bertz CT molecular complexity index is 728. The lowest BCUT2D eigenvalue weighted by molar-refractivity contribution is -0.119. The highest BCUT2D eigenvalue weighted by atomic mass is 32.1. The molecule has 1 fully saturated rings. The number of carbonyl (C=O) groups is 1. The van der Waals surface area contributed by atoms with Crippen LogP contribution in [0.15, 0.2) is 54.6 Å². The van der Waals surface area contributed by atoms with Crippen molar-refractivity contribution in [3.63, 3.8) is 0 Å². The maximum atomic E-state index is 12.0. The normalized spacial score (nSPS) is 14.6. The van der Waals surface area contributed by atoms with Gasteiger partial charge in [0.05, 0.1) is 19.6 Å². The van der Waals surface area contributed by atoms with Crippen molar-refractivity contribution in [1.29, 1.82) is 0 Å². The lowest BCUT2D eigenvalue weighted by atomic mass is 10.1. The van der Waals surface area contributed by atoms with E-state index in [1.807, 2.05) is 42.5 Å². The number of hydrogen-bond acceptors (Lipinski definition) is 4. The number of benzene rings is 2. The molecule has 2 aromatic rings. The summed E-state index contributed by atoms with van der Waals surface area (Å²) in [5.74, 6) is -0.127. The molecule has 1 saturated heterocycles. The number of amides is 1. The molecule has 1 aliphatic rings. The number of ether oxygens (including phenoxy) is 1. The number of carbonyl (C=O) groups excluding carboxylic acids is 1. The molecule has 2 N–H and O–H groups in total. The van der Waals surface area contributed by atoms with Crippen molar-refractivity contribution in [3.05, 3.63) is 65.7 Å². The molecule has 0 atom stereocenters. The number of nitrogens with one attached hydrogen (secondary N) is 2. The number of rotatable bonds is 5. The highest BCUT2D eigenvalue weighted by Crippen LogP contribution is 2.12. The van der Waals surface area contributed by atoms with Crippen LogP contribution in [0.5, 0.6) is 0 Å². The first-order valence-corrected chi connectivity index (χ1v) is 9.14. The summed E-state index contributed by atoms with van der Waals surface area (Å²) in [4.78, 5) is 14.4. The maximum Gasteiger partial charge on any atom is 0.230 e. The van der Waals surface area contributed by atoms with Crippen molar-refractivity contribution in [2.24, 2.45) is 0 Å². The molecule has 1 aliphatic heterocycles. The molecule has 136 valence electrons. The van der Waals surface area contributed by atoms with E-state index in [-0.39, 0.29) is 5.91 Å². The lowest BCUT2D eigenvalue weighted by Gasteiger charge is -2.26. The third kappa shape index (κ3) is 5.91. The fraction of sp³-hybridized carbons (Fsp3) is 0.300. The van der Waals surface area contributed by atoms with Gasteiger partial charge in [-0.15, -0.1) is 0 Å². The van der Waals surface area contributed by atoms with E-state index in [0.29, 0.717) is 11.5 Å². The Morgan fingerprint density at radius 2 is 1.69 bits per heavy atom. The molecule has 3 rings (SSSR count). The second-order valence-corrected chi connectivity index (χ2v) is 6.66. The minimum Gasteiger partial charge on any atom is -0.379 e. The van der Waals surface area contributed by atoms with Crippen LogP contribution in [0.2, 0.25) is 0 Å². The van der Waals surface area contributed by atoms with Crippen molar-refractivity contribution in [2.45, 2.75) is 13.0 Å². The smallest absolute Gasteiger partial charge is 0.230 e. The standard InChI is InChI=1S/C20H23N3O2S/c24-19(14-16-4-2-1-3-5-16)22-20(26)21-18-8-6-17(7-9-18)15-23-10-12-25-13-11-23/h1-9H,10-15H2,(H2,21,22,24,26). The molecule has 0 aromatic heterocycles. The molecular weight excluding hydrogens is 346 g/mol. The first-order chi connectivity index (χ1) is 12.7. The Hall–Kier alpha value is -2.28. The van der Waals surface area contributed by atoms with Gasteiger partial charge in [-0.1, -0.05) is 42.5 Å². The first-order valence-electron chi connectivity index (χ1n) is 8.73. The fourth-order valence-corrected chi connectivity index (χ4v) is 3.06. The third-order valence-electron chi connectivity index (χ3n) is 4.18. The molecule has 0 bridgehead atoms. The van der Waals surface area contributed by atoms with Gasteiger partial charge in [0.1, 0.15) is 0 Å². The molecule has 6 heteroatoms. The van der Waals surface area contributed by atoms with Crippen LogP contribution in [0.1, 0.15) is 11.1 Å². The van der Waals surface area contributed by atoms with E-state index in [9.17, 15) is 4.79 Å². The molecular formula is C20H23N3O2S. The molecule has 0 saturated carbocycles. The first kappa shape index (κ1) is 18.5. The van der Waals surface area contributed by atoms with Crippen LogP contribution in [-0.4, -0.2) is 42.2 Å². The van der Waals surface area contributed by atoms with Crippen molar-refractivity contribution >= 4 is 28.9 Å². The molecule has 1 heterocycles. The van der Waals surface area contributed by atoms with Gasteiger partial charge in [-0.2, -0.15) is 0 Å². The largest absolute Gasteiger partial charge is 0.379 e. The SMILES string of the molecule is O=C(Cc1ccccc1)NC(=S)Nc1ccc(CN2CCOCC2)cc1. The van der Waals surface area contributed by atoms with Crippen LogP contribution in [0, 0.1) is 0 Å². The van der Waals surface area contributed by atoms with E-state index in [2.05, 4.69) is 27.7 Å². The molecule has 0 radical (unpaired) electrons. The quantitative estimate of drug-likeness (QED) is 0.794. The lowest BCUT2D eigenvalue weighted by Crippen LogP contribution is -2.35. The summed E-state index contributed by atoms with van der Waals surface area (Å²) in [5, 5.41) is 6.08. The van der Waals surface area contributed by atoms with Crippen LogP contribution < -0.4 is 10.6 Å². The van der Waals surface area contributed by atoms with Gasteiger partial charge in [-0.25, -0.2) is 0 Å². The zero-order chi connectivity index (χ0) is 18.2. The molecule has 0 spiro atoms. The van der Waals surface area contributed by atoms with Crippen molar-refractivity contribution in [1.82, 2.24) is 10.2 Å². The van der Waals surface area contributed by atoms with Crippen LogP contribution in [0.25, 0.3) is 0 Å². The maximum absolute atomic E-state index is 12.0. The molecule has 0 unspecified atom stereocenters. The highest BCUT2D eigenvalue weighted by molar-refractivity contribution is 7.80. The molecule has 1 amide bonds. The van der Waals surface area contributed by atoms with Gasteiger partial charge < -0.3 is 15.4 Å². The molecule has 26 heavy (non-hydrogen) atoms. The number of thiocarbonyl (C=S) groups is 1. The second-order valence-electron chi connectivity index (χ2n) is 6.25. The zero-order valence-electron chi connectivity index (χ0n) is 14.6. The summed E-state index contributed by atoms with van der Waals surface area (Å²) in [7, 11) is 0. The number of nitrogens with zero attached hydrogens (tertiary/aromatic N) is 1. The van der Waals surface area contributed by atoms with Crippen molar-refractivity contribution in [3.8, 4) is 0 Å². The van der Waals surface area contributed by atoms with Crippen LogP contribution in [-0.2, 0) is 22.5 Å². The van der Waals surface area contributed by atoms with Crippen LogP contribution in [0.4, 0.5) is 5.69 Å². The van der Waals surface area contributed by atoms with Gasteiger partial charge >= 0.3 is 0 Å². The molecule has 5 nitrogen and oxygen atoms in total. The highest BCUT2D eigenvalue weighted by Gasteiger charge is 2.11. The minimum absolute atomic E-state index is 0.127.